The maximum absolute atomic E-state index is 12.0. The molecule has 1 unspecified atom stereocenters. The van der Waals surface area contributed by atoms with E-state index in [0.717, 1.165) is 37.7 Å². The van der Waals surface area contributed by atoms with Crippen LogP contribution in [-0.4, -0.2) is 16.9 Å². The van der Waals surface area contributed by atoms with Crippen molar-refractivity contribution in [1.29, 1.82) is 0 Å². The molecule has 0 saturated carbocycles. The molecular formula is C22H25NO3. The normalized spacial score (nSPS) is 15.8. The predicted molar refractivity (Wildman–Crippen MR) is 100 cm³/mol. The molecule has 1 amide bonds. The summed E-state index contributed by atoms with van der Waals surface area (Å²) < 4.78 is 0. The van der Waals surface area contributed by atoms with Crippen LogP contribution in [-0.2, 0) is 33.7 Å². The van der Waals surface area contributed by atoms with Crippen LogP contribution in [0.3, 0.4) is 0 Å². The lowest BCUT2D eigenvalue weighted by Gasteiger charge is -2.33. The van der Waals surface area contributed by atoms with E-state index in [9.17, 15) is 9.59 Å². The predicted octanol–water partition coefficient (Wildman–Crippen LogP) is 4.18. The van der Waals surface area contributed by atoms with E-state index in [1.165, 1.54) is 35.6 Å². The number of benzene rings is 2. The summed E-state index contributed by atoms with van der Waals surface area (Å²) in [5.41, 5.74) is 4.98. The van der Waals surface area contributed by atoms with Gasteiger partial charge in [0.2, 0.25) is 0 Å². The molecule has 0 bridgehead atoms. The summed E-state index contributed by atoms with van der Waals surface area (Å²) >= 11 is 0. The number of rotatable bonds is 4. The first-order valence-electron chi connectivity index (χ1n) is 9.18. The number of carbonyl (C=O) groups excluding carboxylic acids is 2. The minimum Gasteiger partial charge on any atom is -0.338 e. The fourth-order valence-electron chi connectivity index (χ4n) is 3.66. The van der Waals surface area contributed by atoms with Crippen LogP contribution in [0.15, 0.2) is 48.5 Å². The second-order valence-electron chi connectivity index (χ2n) is 6.85. The molecule has 0 saturated heterocycles. The number of hydrogen-bond acceptors (Lipinski definition) is 3. The van der Waals surface area contributed by atoms with Crippen LogP contribution in [0.4, 0.5) is 0 Å². The highest BCUT2D eigenvalue weighted by atomic mass is 16.7. The third-order valence-electron chi connectivity index (χ3n) is 4.86. The Hall–Kier alpha value is -2.62. The van der Waals surface area contributed by atoms with Gasteiger partial charge in [-0.05, 0) is 54.4 Å². The molecular weight excluding hydrogens is 326 g/mol. The lowest BCUT2D eigenvalue weighted by Crippen LogP contribution is -2.36. The van der Waals surface area contributed by atoms with Crippen LogP contribution in [0, 0.1) is 0 Å². The Kier molecular flexibility index (Phi) is 5.71. The number of fused-ring (bicyclic) bond motifs is 1. The smallest absolute Gasteiger partial charge is 0.329 e. The van der Waals surface area contributed by atoms with Crippen molar-refractivity contribution >= 4 is 11.9 Å². The number of hydrogen-bond donors (Lipinski definition) is 0. The molecule has 0 aliphatic heterocycles. The summed E-state index contributed by atoms with van der Waals surface area (Å²) in [5.74, 6) is -0.710. The number of nitrogens with zero attached hydrogens (tertiary/aromatic N) is 1. The summed E-state index contributed by atoms with van der Waals surface area (Å²) in [4.78, 5) is 28.5. The SMILES string of the molecule is CC(=O)ON(C(C)=O)C1CCCc2cc(CCc3ccccc3)ccc21. The number of amides is 1. The summed E-state index contributed by atoms with van der Waals surface area (Å²) in [5, 5.41) is 1.24. The average Bonchev–Trinajstić information content (AvgIpc) is 2.64. The van der Waals surface area contributed by atoms with Gasteiger partial charge in [-0.3, -0.25) is 9.59 Å². The molecule has 0 heterocycles. The van der Waals surface area contributed by atoms with Crippen molar-refractivity contribution in [3.8, 4) is 0 Å². The van der Waals surface area contributed by atoms with Gasteiger partial charge in [0.15, 0.2) is 0 Å². The van der Waals surface area contributed by atoms with Crippen molar-refractivity contribution in [1.82, 2.24) is 5.06 Å². The fourth-order valence-corrected chi connectivity index (χ4v) is 3.66. The summed E-state index contributed by atoms with van der Waals surface area (Å²) in [6.07, 6.45) is 4.78. The number of hydroxylamine groups is 2. The van der Waals surface area contributed by atoms with Crippen molar-refractivity contribution in [2.45, 2.75) is 52.0 Å². The second-order valence-corrected chi connectivity index (χ2v) is 6.85. The largest absolute Gasteiger partial charge is 0.338 e. The van der Waals surface area contributed by atoms with Gasteiger partial charge in [-0.2, -0.15) is 5.06 Å². The van der Waals surface area contributed by atoms with E-state index in [2.05, 4.69) is 42.5 Å². The van der Waals surface area contributed by atoms with Crippen molar-refractivity contribution in [3.63, 3.8) is 0 Å². The van der Waals surface area contributed by atoms with Crippen LogP contribution in [0.1, 0.15) is 55.0 Å². The molecule has 3 rings (SSSR count). The highest BCUT2D eigenvalue weighted by Crippen LogP contribution is 2.35. The molecule has 26 heavy (non-hydrogen) atoms. The molecule has 2 aromatic rings. The first-order valence-corrected chi connectivity index (χ1v) is 9.18. The van der Waals surface area contributed by atoms with Gasteiger partial charge < -0.3 is 4.84 Å². The summed E-state index contributed by atoms with van der Waals surface area (Å²) in [6.45, 7) is 2.76. The van der Waals surface area contributed by atoms with Crippen LogP contribution in [0.2, 0.25) is 0 Å². The van der Waals surface area contributed by atoms with Crippen LogP contribution >= 0.6 is 0 Å². The lowest BCUT2D eigenvalue weighted by molar-refractivity contribution is -0.206. The van der Waals surface area contributed by atoms with Crippen LogP contribution < -0.4 is 0 Å². The molecule has 0 N–H and O–H groups in total. The quantitative estimate of drug-likeness (QED) is 0.777. The minimum absolute atomic E-state index is 0.191. The first kappa shape index (κ1) is 18.2. The van der Waals surface area contributed by atoms with E-state index in [0.29, 0.717) is 0 Å². The van der Waals surface area contributed by atoms with Crippen molar-refractivity contribution in [3.05, 3.63) is 70.8 Å². The molecule has 0 spiro atoms. The third-order valence-corrected chi connectivity index (χ3v) is 4.86. The van der Waals surface area contributed by atoms with Gasteiger partial charge in [0.25, 0.3) is 5.91 Å². The Morgan fingerprint density at radius 3 is 2.46 bits per heavy atom. The molecule has 2 aromatic carbocycles. The zero-order valence-electron chi connectivity index (χ0n) is 15.4. The monoisotopic (exact) mass is 351 g/mol. The van der Waals surface area contributed by atoms with Crippen molar-refractivity contribution in [2.75, 3.05) is 0 Å². The van der Waals surface area contributed by atoms with E-state index in [1.54, 1.807) is 0 Å². The van der Waals surface area contributed by atoms with Gasteiger partial charge in [0.1, 0.15) is 0 Å². The van der Waals surface area contributed by atoms with Crippen LogP contribution in [0.25, 0.3) is 0 Å². The zero-order chi connectivity index (χ0) is 18.5. The lowest BCUT2D eigenvalue weighted by atomic mass is 9.85. The summed E-state index contributed by atoms with van der Waals surface area (Å²) in [6, 6.07) is 16.8. The molecule has 1 aliphatic rings. The number of aryl methyl sites for hydroxylation is 3. The molecule has 4 heteroatoms. The van der Waals surface area contributed by atoms with Gasteiger partial charge in [-0.1, -0.05) is 48.5 Å². The highest BCUT2D eigenvalue weighted by Gasteiger charge is 2.30. The Bertz CT molecular complexity index is 785. The third kappa shape index (κ3) is 4.31. The first-order chi connectivity index (χ1) is 12.5. The average molecular weight is 351 g/mol. The summed E-state index contributed by atoms with van der Waals surface area (Å²) in [7, 11) is 0. The molecule has 0 fully saturated rings. The van der Waals surface area contributed by atoms with Gasteiger partial charge in [0.05, 0.1) is 6.04 Å². The molecule has 0 radical (unpaired) electrons. The molecule has 0 aromatic heterocycles. The Labute approximate surface area is 154 Å². The molecule has 136 valence electrons. The molecule has 4 nitrogen and oxygen atoms in total. The maximum atomic E-state index is 12.0. The zero-order valence-corrected chi connectivity index (χ0v) is 15.4. The van der Waals surface area contributed by atoms with Gasteiger partial charge >= 0.3 is 5.97 Å². The Balaban J connectivity index is 1.78. The van der Waals surface area contributed by atoms with Crippen LogP contribution in [0.5, 0.6) is 0 Å². The van der Waals surface area contributed by atoms with E-state index in [-0.39, 0.29) is 11.9 Å². The standard InChI is InChI=1S/C22H25NO3/c1-16(24)23(26-17(2)25)22-10-6-9-20-15-19(13-14-21(20)22)12-11-18-7-4-3-5-8-18/h3-5,7-8,13-15,22H,6,9-12H2,1-2H3. The number of carbonyl (C=O) groups is 2. The highest BCUT2D eigenvalue weighted by molar-refractivity contribution is 5.75. The van der Waals surface area contributed by atoms with E-state index in [1.807, 2.05) is 6.07 Å². The van der Waals surface area contributed by atoms with Gasteiger partial charge in [-0.15, -0.1) is 0 Å². The van der Waals surface area contributed by atoms with Gasteiger partial charge in [0, 0.05) is 13.8 Å². The van der Waals surface area contributed by atoms with E-state index >= 15 is 0 Å². The topological polar surface area (TPSA) is 46.6 Å². The maximum Gasteiger partial charge on any atom is 0.329 e. The van der Waals surface area contributed by atoms with E-state index < -0.39 is 5.97 Å². The molecule has 1 atom stereocenters. The van der Waals surface area contributed by atoms with Crippen molar-refractivity contribution in [2.24, 2.45) is 0 Å². The van der Waals surface area contributed by atoms with Crippen molar-refractivity contribution < 1.29 is 14.4 Å². The van der Waals surface area contributed by atoms with Gasteiger partial charge in [-0.25, -0.2) is 0 Å². The fraction of sp³-hybridized carbons (Fsp3) is 0.364. The Morgan fingerprint density at radius 1 is 1.04 bits per heavy atom. The van der Waals surface area contributed by atoms with E-state index in [4.69, 9.17) is 4.84 Å². The second kappa shape index (κ2) is 8.17. The molecule has 1 aliphatic carbocycles. The minimum atomic E-state index is -0.466. The Morgan fingerprint density at radius 2 is 1.77 bits per heavy atom.